The lowest BCUT2D eigenvalue weighted by Crippen LogP contribution is -1.94. The topological polar surface area (TPSA) is 51.8 Å². The number of hydrogen-bond donors (Lipinski definition) is 1. The molecule has 3 nitrogen and oxygen atoms in total. The van der Waals surface area contributed by atoms with Gasteiger partial charge in [-0.1, -0.05) is 11.6 Å². The predicted molar refractivity (Wildman–Crippen MR) is 66.4 cm³/mol. The van der Waals surface area contributed by atoms with E-state index in [4.69, 9.17) is 17.3 Å². The molecular formula is C12H12ClN3. The first-order chi connectivity index (χ1) is 7.58. The molecule has 2 aromatic rings. The SMILES string of the molecule is Cc1cc(Cl)c(-c2cnc(N)cn2)cc1C. The molecular weight excluding hydrogens is 222 g/mol. The zero-order valence-corrected chi connectivity index (χ0v) is 9.92. The van der Waals surface area contributed by atoms with E-state index >= 15 is 0 Å². The Morgan fingerprint density at radius 3 is 2.38 bits per heavy atom. The van der Waals surface area contributed by atoms with Crippen molar-refractivity contribution in [3.05, 3.63) is 40.7 Å². The fraction of sp³-hybridized carbons (Fsp3) is 0.167. The molecule has 1 aromatic carbocycles. The maximum Gasteiger partial charge on any atom is 0.141 e. The number of aryl methyl sites for hydroxylation is 2. The van der Waals surface area contributed by atoms with Crippen molar-refractivity contribution in [2.45, 2.75) is 13.8 Å². The van der Waals surface area contributed by atoms with E-state index in [1.165, 1.54) is 11.8 Å². The summed E-state index contributed by atoms with van der Waals surface area (Å²) in [6.07, 6.45) is 3.16. The monoisotopic (exact) mass is 233 g/mol. The van der Waals surface area contributed by atoms with Crippen molar-refractivity contribution in [1.29, 1.82) is 0 Å². The summed E-state index contributed by atoms with van der Waals surface area (Å²) in [5.74, 6) is 0.406. The van der Waals surface area contributed by atoms with Crippen LogP contribution in [0.2, 0.25) is 5.02 Å². The molecule has 0 saturated carbocycles. The van der Waals surface area contributed by atoms with Crippen LogP contribution in [0.25, 0.3) is 11.3 Å². The minimum Gasteiger partial charge on any atom is -0.382 e. The molecule has 0 atom stereocenters. The first-order valence-electron chi connectivity index (χ1n) is 4.92. The number of hydrogen-bond acceptors (Lipinski definition) is 3. The van der Waals surface area contributed by atoms with Gasteiger partial charge in [-0.25, -0.2) is 4.98 Å². The summed E-state index contributed by atoms with van der Waals surface area (Å²) in [6.45, 7) is 4.07. The molecule has 0 saturated heterocycles. The second kappa shape index (κ2) is 4.10. The van der Waals surface area contributed by atoms with Gasteiger partial charge in [-0.05, 0) is 37.1 Å². The Balaban J connectivity index is 2.56. The van der Waals surface area contributed by atoms with Gasteiger partial charge in [0.2, 0.25) is 0 Å². The maximum atomic E-state index is 6.18. The van der Waals surface area contributed by atoms with Crippen molar-refractivity contribution in [3.63, 3.8) is 0 Å². The average Bonchev–Trinajstić information content (AvgIpc) is 2.25. The molecule has 1 aromatic heterocycles. The van der Waals surface area contributed by atoms with E-state index in [0.717, 1.165) is 16.8 Å². The van der Waals surface area contributed by atoms with E-state index in [9.17, 15) is 0 Å². The summed E-state index contributed by atoms with van der Waals surface area (Å²) in [7, 11) is 0. The van der Waals surface area contributed by atoms with Gasteiger partial charge in [0.15, 0.2) is 0 Å². The second-order valence-corrected chi connectivity index (χ2v) is 4.15. The Bertz CT molecular complexity index is 521. The zero-order chi connectivity index (χ0) is 11.7. The molecule has 1 heterocycles. The Hall–Kier alpha value is -1.61. The molecule has 0 aliphatic rings. The Morgan fingerprint density at radius 1 is 1.06 bits per heavy atom. The summed E-state index contributed by atoms with van der Waals surface area (Å²) in [5.41, 5.74) is 9.46. The molecule has 0 aliphatic heterocycles. The van der Waals surface area contributed by atoms with Crippen molar-refractivity contribution in [2.24, 2.45) is 0 Å². The van der Waals surface area contributed by atoms with Crippen LogP contribution in [0.1, 0.15) is 11.1 Å². The Kier molecular flexibility index (Phi) is 2.79. The lowest BCUT2D eigenvalue weighted by Gasteiger charge is -2.07. The van der Waals surface area contributed by atoms with Gasteiger partial charge in [0.25, 0.3) is 0 Å². The zero-order valence-electron chi connectivity index (χ0n) is 9.16. The molecule has 2 rings (SSSR count). The minimum atomic E-state index is 0.406. The van der Waals surface area contributed by atoms with Crippen LogP contribution in [0.3, 0.4) is 0 Å². The first-order valence-corrected chi connectivity index (χ1v) is 5.30. The van der Waals surface area contributed by atoms with E-state index in [-0.39, 0.29) is 0 Å². The van der Waals surface area contributed by atoms with E-state index in [1.54, 1.807) is 6.20 Å². The number of aromatic nitrogens is 2. The van der Waals surface area contributed by atoms with Gasteiger partial charge in [0.1, 0.15) is 5.82 Å². The molecule has 0 bridgehead atoms. The third-order valence-corrected chi connectivity index (χ3v) is 2.84. The van der Waals surface area contributed by atoms with Crippen molar-refractivity contribution < 1.29 is 0 Å². The minimum absolute atomic E-state index is 0.406. The molecule has 0 radical (unpaired) electrons. The van der Waals surface area contributed by atoms with Crippen LogP contribution in [-0.2, 0) is 0 Å². The third-order valence-electron chi connectivity index (χ3n) is 2.53. The number of benzene rings is 1. The Labute approximate surface area is 99.3 Å². The summed E-state index contributed by atoms with van der Waals surface area (Å²) >= 11 is 6.18. The van der Waals surface area contributed by atoms with Gasteiger partial charge in [-0.3, -0.25) is 4.98 Å². The molecule has 0 amide bonds. The van der Waals surface area contributed by atoms with E-state index in [2.05, 4.69) is 9.97 Å². The third kappa shape index (κ3) is 1.99. The quantitative estimate of drug-likeness (QED) is 0.824. The highest BCUT2D eigenvalue weighted by Gasteiger charge is 2.07. The van der Waals surface area contributed by atoms with Crippen LogP contribution < -0.4 is 5.73 Å². The lowest BCUT2D eigenvalue weighted by atomic mass is 10.0. The fourth-order valence-corrected chi connectivity index (χ4v) is 1.77. The summed E-state index contributed by atoms with van der Waals surface area (Å²) in [4.78, 5) is 8.21. The van der Waals surface area contributed by atoms with Crippen molar-refractivity contribution >= 4 is 17.4 Å². The van der Waals surface area contributed by atoms with Crippen LogP contribution in [0.15, 0.2) is 24.5 Å². The van der Waals surface area contributed by atoms with E-state index in [0.29, 0.717) is 10.8 Å². The summed E-state index contributed by atoms with van der Waals surface area (Å²) < 4.78 is 0. The largest absolute Gasteiger partial charge is 0.382 e. The average molecular weight is 234 g/mol. The van der Waals surface area contributed by atoms with Gasteiger partial charge in [0.05, 0.1) is 23.1 Å². The van der Waals surface area contributed by atoms with Crippen LogP contribution in [0.5, 0.6) is 0 Å². The van der Waals surface area contributed by atoms with Crippen LogP contribution in [0.4, 0.5) is 5.82 Å². The summed E-state index contributed by atoms with van der Waals surface area (Å²) in [5, 5.41) is 0.683. The number of rotatable bonds is 1. The molecule has 0 unspecified atom stereocenters. The molecule has 0 spiro atoms. The van der Waals surface area contributed by atoms with Crippen molar-refractivity contribution in [1.82, 2.24) is 9.97 Å². The first kappa shape index (κ1) is 10.9. The molecule has 82 valence electrons. The summed E-state index contributed by atoms with van der Waals surface area (Å²) in [6, 6.07) is 3.95. The number of halogens is 1. The Morgan fingerprint density at radius 2 is 1.75 bits per heavy atom. The van der Waals surface area contributed by atoms with Gasteiger partial charge in [0, 0.05) is 5.56 Å². The van der Waals surface area contributed by atoms with Crippen LogP contribution in [-0.4, -0.2) is 9.97 Å². The van der Waals surface area contributed by atoms with Gasteiger partial charge in [-0.15, -0.1) is 0 Å². The second-order valence-electron chi connectivity index (χ2n) is 3.74. The molecule has 4 heteroatoms. The van der Waals surface area contributed by atoms with E-state index in [1.807, 2.05) is 26.0 Å². The van der Waals surface area contributed by atoms with Gasteiger partial charge in [-0.2, -0.15) is 0 Å². The number of anilines is 1. The standard InChI is InChI=1S/C12H12ClN3/c1-7-3-9(10(13)4-8(7)2)11-5-16-12(14)6-15-11/h3-6H,1-2H3,(H2,14,16). The highest BCUT2D eigenvalue weighted by Crippen LogP contribution is 2.28. The molecule has 2 N–H and O–H groups in total. The van der Waals surface area contributed by atoms with Crippen LogP contribution in [0, 0.1) is 13.8 Å². The lowest BCUT2D eigenvalue weighted by molar-refractivity contribution is 1.21. The van der Waals surface area contributed by atoms with Gasteiger partial charge < -0.3 is 5.73 Å². The highest BCUT2D eigenvalue weighted by molar-refractivity contribution is 6.33. The maximum absolute atomic E-state index is 6.18. The smallest absolute Gasteiger partial charge is 0.141 e. The number of nitrogens with zero attached hydrogens (tertiary/aromatic N) is 2. The molecule has 16 heavy (non-hydrogen) atoms. The van der Waals surface area contributed by atoms with Crippen LogP contribution >= 0.6 is 11.6 Å². The normalized spacial score (nSPS) is 10.4. The van der Waals surface area contributed by atoms with E-state index < -0.39 is 0 Å². The van der Waals surface area contributed by atoms with Crippen molar-refractivity contribution in [3.8, 4) is 11.3 Å². The van der Waals surface area contributed by atoms with Gasteiger partial charge >= 0.3 is 0 Å². The number of nitrogens with two attached hydrogens (primary N) is 1. The predicted octanol–water partition coefficient (Wildman–Crippen LogP) is 3.00. The van der Waals surface area contributed by atoms with Crippen molar-refractivity contribution in [2.75, 3.05) is 5.73 Å². The molecule has 0 fully saturated rings. The fourth-order valence-electron chi connectivity index (χ4n) is 1.45. The highest BCUT2D eigenvalue weighted by atomic mass is 35.5. The molecule has 0 aliphatic carbocycles. The number of nitrogen functional groups attached to an aromatic ring is 1.